The van der Waals surface area contributed by atoms with Crippen molar-refractivity contribution in [1.82, 2.24) is 0 Å². The maximum atomic E-state index is 5.72. The van der Waals surface area contributed by atoms with E-state index in [0.29, 0.717) is 13.2 Å². The molecule has 0 saturated carbocycles. The topological polar surface area (TPSA) is 44.5 Å². The highest BCUT2D eigenvalue weighted by Gasteiger charge is 2.02. The lowest BCUT2D eigenvalue weighted by molar-refractivity contribution is 0.303. The molecule has 0 aromatic heterocycles. The molecule has 0 fully saturated rings. The number of anilines is 1. The molecule has 0 saturated heterocycles. The molecule has 0 aliphatic carbocycles. The van der Waals surface area contributed by atoms with E-state index in [1.807, 2.05) is 49.4 Å². The first-order chi connectivity index (χ1) is 9.19. The Kier molecular flexibility index (Phi) is 4.68. The minimum Gasteiger partial charge on any atom is -0.494 e. The molecule has 0 heterocycles. The van der Waals surface area contributed by atoms with Crippen molar-refractivity contribution in [3.05, 3.63) is 52.5 Å². The van der Waals surface area contributed by atoms with Crippen molar-refractivity contribution in [3.63, 3.8) is 0 Å². The van der Waals surface area contributed by atoms with Gasteiger partial charge in [-0.2, -0.15) is 0 Å². The molecule has 0 atom stereocenters. The average molecular weight is 322 g/mol. The van der Waals surface area contributed by atoms with Gasteiger partial charge in [-0.15, -0.1) is 0 Å². The molecular formula is C15H16BrNO2. The van der Waals surface area contributed by atoms with Crippen molar-refractivity contribution in [2.45, 2.75) is 13.5 Å². The third kappa shape index (κ3) is 3.89. The Balaban J connectivity index is 1.98. The Bertz CT molecular complexity index is 540. The van der Waals surface area contributed by atoms with Gasteiger partial charge >= 0.3 is 0 Å². The average Bonchev–Trinajstić information content (AvgIpc) is 2.40. The summed E-state index contributed by atoms with van der Waals surface area (Å²) in [4.78, 5) is 0. The predicted octanol–water partition coefficient (Wildman–Crippen LogP) is 4.01. The number of nitrogen functional groups attached to an aromatic ring is 1. The minimum atomic E-state index is 0.495. The summed E-state index contributed by atoms with van der Waals surface area (Å²) in [5.74, 6) is 1.66. The van der Waals surface area contributed by atoms with Gasteiger partial charge in [-0.1, -0.05) is 22.0 Å². The number of benzene rings is 2. The van der Waals surface area contributed by atoms with E-state index in [9.17, 15) is 0 Å². The molecule has 3 nitrogen and oxygen atoms in total. The monoisotopic (exact) mass is 321 g/mol. The zero-order valence-electron chi connectivity index (χ0n) is 10.7. The third-order valence-corrected chi connectivity index (χ3v) is 3.34. The highest BCUT2D eigenvalue weighted by Crippen LogP contribution is 2.23. The van der Waals surface area contributed by atoms with Crippen LogP contribution in [0.2, 0.25) is 0 Å². The lowest BCUT2D eigenvalue weighted by Gasteiger charge is -2.09. The fraction of sp³-hybridized carbons (Fsp3) is 0.200. The van der Waals surface area contributed by atoms with Crippen LogP contribution >= 0.6 is 15.9 Å². The molecule has 2 aromatic rings. The van der Waals surface area contributed by atoms with Crippen molar-refractivity contribution in [3.8, 4) is 11.5 Å². The molecule has 2 aromatic carbocycles. The van der Waals surface area contributed by atoms with Crippen molar-refractivity contribution in [1.29, 1.82) is 0 Å². The largest absolute Gasteiger partial charge is 0.494 e. The van der Waals surface area contributed by atoms with Gasteiger partial charge in [0.2, 0.25) is 0 Å². The molecule has 0 amide bonds. The van der Waals surface area contributed by atoms with E-state index in [-0.39, 0.29) is 0 Å². The second-order valence-electron chi connectivity index (χ2n) is 4.04. The minimum absolute atomic E-state index is 0.495. The molecular weight excluding hydrogens is 306 g/mol. The van der Waals surface area contributed by atoms with Crippen molar-refractivity contribution in [2.75, 3.05) is 12.3 Å². The summed E-state index contributed by atoms with van der Waals surface area (Å²) in [6.45, 7) is 3.12. The summed E-state index contributed by atoms with van der Waals surface area (Å²) in [5, 5.41) is 0. The van der Waals surface area contributed by atoms with Crippen LogP contribution in [0, 0.1) is 0 Å². The molecule has 19 heavy (non-hydrogen) atoms. The van der Waals surface area contributed by atoms with Crippen LogP contribution in [0.5, 0.6) is 11.5 Å². The van der Waals surface area contributed by atoms with Crippen molar-refractivity contribution in [2.24, 2.45) is 0 Å². The summed E-state index contributed by atoms with van der Waals surface area (Å²) in [7, 11) is 0. The van der Waals surface area contributed by atoms with E-state index in [0.717, 1.165) is 27.2 Å². The number of rotatable bonds is 5. The Labute approximate surface area is 121 Å². The van der Waals surface area contributed by atoms with Gasteiger partial charge in [0.1, 0.15) is 18.1 Å². The van der Waals surface area contributed by atoms with Crippen LogP contribution in [0.4, 0.5) is 5.69 Å². The van der Waals surface area contributed by atoms with E-state index < -0.39 is 0 Å². The van der Waals surface area contributed by atoms with Crippen molar-refractivity contribution >= 4 is 21.6 Å². The Morgan fingerprint density at radius 1 is 1.00 bits per heavy atom. The molecule has 0 aliphatic rings. The van der Waals surface area contributed by atoms with Crippen molar-refractivity contribution < 1.29 is 9.47 Å². The van der Waals surface area contributed by atoms with Gasteiger partial charge in [-0.3, -0.25) is 0 Å². The summed E-state index contributed by atoms with van der Waals surface area (Å²) in [6.07, 6.45) is 0. The molecule has 0 aliphatic heterocycles. The van der Waals surface area contributed by atoms with Gasteiger partial charge in [-0.25, -0.2) is 0 Å². The maximum Gasteiger partial charge on any atom is 0.120 e. The van der Waals surface area contributed by atoms with Crippen LogP contribution in [-0.2, 0) is 6.61 Å². The number of hydrogen-bond donors (Lipinski definition) is 1. The van der Waals surface area contributed by atoms with Gasteiger partial charge in [0.15, 0.2) is 0 Å². The van der Waals surface area contributed by atoms with Crippen LogP contribution < -0.4 is 15.2 Å². The van der Waals surface area contributed by atoms with Crippen LogP contribution in [0.15, 0.2) is 46.9 Å². The lowest BCUT2D eigenvalue weighted by Crippen LogP contribution is -1.97. The standard InChI is InChI=1S/C15H16BrNO2/c1-2-18-13-5-7-14(8-6-13)19-10-11-3-4-12(17)9-15(11)16/h3-9H,2,10,17H2,1H3. The van der Waals surface area contributed by atoms with Crippen LogP contribution in [0.25, 0.3) is 0 Å². The maximum absolute atomic E-state index is 5.72. The van der Waals surface area contributed by atoms with Gasteiger partial charge in [0.05, 0.1) is 6.61 Å². The Hall–Kier alpha value is -1.68. The predicted molar refractivity (Wildman–Crippen MR) is 80.5 cm³/mol. The lowest BCUT2D eigenvalue weighted by atomic mass is 10.2. The number of ether oxygens (including phenoxy) is 2. The molecule has 100 valence electrons. The van der Waals surface area contributed by atoms with E-state index in [2.05, 4.69) is 15.9 Å². The number of hydrogen-bond acceptors (Lipinski definition) is 3. The van der Waals surface area contributed by atoms with Gasteiger partial charge < -0.3 is 15.2 Å². The summed E-state index contributed by atoms with van der Waals surface area (Å²) < 4.78 is 12.1. The SMILES string of the molecule is CCOc1ccc(OCc2ccc(N)cc2Br)cc1. The fourth-order valence-electron chi connectivity index (χ4n) is 1.64. The van der Waals surface area contributed by atoms with Crippen LogP contribution in [0.1, 0.15) is 12.5 Å². The summed E-state index contributed by atoms with van der Waals surface area (Å²) in [6, 6.07) is 13.3. The molecule has 4 heteroatoms. The van der Waals surface area contributed by atoms with Crippen LogP contribution in [-0.4, -0.2) is 6.61 Å². The van der Waals surface area contributed by atoms with E-state index in [1.165, 1.54) is 0 Å². The second kappa shape index (κ2) is 6.48. The first kappa shape index (κ1) is 13.7. The molecule has 2 rings (SSSR count). The number of halogens is 1. The molecule has 0 unspecified atom stereocenters. The first-order valence-corrected chi connectivity index (χ1v) is 6.88. The van der Waals surface area contributed by atoms with Gasteiger partial charge in [-0.05, 0) is 43.3 Å². The zero-order chi connectivity index (χ0) is 13.7. The highest BCUT2D eigenvalue weighted by atomic mass is 79.9. The Morgan fingerprint density at radius 3 is 2.21 bits per heavy atom. The van der Waals surface area contributed by atoms with Crippen LogP contribution in [0.3, 0.4) is 0 Å². The summed E-state index contributed by atoms with van der Waals surface area (Å²) >= 11 is 3.47. The molecule has 0 radical (unpaired) electrons. The van der Waals surface area contributed by atoms with Gasteiger partial charge in [0, 0.05) is 15.7 Å². The Morgan fingerprint density at radius 2 is 1.63 bits per heavy atom. The van der Waals surface area contributed by atoms with E-state index in [1.54, 1.807) is 0 Å². The normalized spacial score (nSPS) is 10.2. The second-order valence-corrected chi connectivity index (χ2v) is 4.90. The number of nitrogens with two attached hydrogens (primary N) is 1. The first-order valence-electron chi connectivity index (χ1n) is 6.08. The van der Waals surface area contributed by atoms with E-state index >= 15 is 0 Å². The molecule has 0 bridgehead atoms. The third-order valence-electron chi connectivity index (χ3n) is 2.61. The molecule has 2 N–H and O–H groups in total. The van der Waals surface area contributed by atoms with Gasteiger partial charge in [0.25, 0.3) is 0 Å². The fourth-order valence-corrected chi connectivity index (χ4v) is 2.15. The quantitative estimate of drug-likeness (QED) is 0.846. The zero-order valence-corrected chi connectivity index (χ0v) is 12.3. The molecule has 0 spiro atoms. The smallest absolute Gasteiger partial charge is 0.120 e. The van der Waals surface area contributed by atoms with E-state index in [4.69, 9.17) is 15.2 Å². The highest BCUT2D eigenvalue weighted by molar-refractivity contribution is 9.10. The summed E-state index contributed by atoms with van der Waals surface area (Å²) in [5.41, 5.74) is 7.49.